The van der Waals surface area contributed by atoms with Crippen molar-refractivity contribution in [2.45, 2.75) is 12.3 Å². The van der Waals surface area contributed by atoms with Gasteiger partial charge in [0, 0.05) is 11.5 Å². The summed E-state index contributed by atoms with van der Waals surface area (Å²) in [4.78, 5) is 12.1. The summed E-state index contributed by atoms with van der Waals surface area (Å²) in [5.41, 5.74) is 1.92. The first kappa shape index (κ1) is 14.6. The van der Waals surface area contributed by atoms with Gasteiger partial charge in [0.1, 0.15) is 5.75 Å². The smallest absolute Gasteiger partial charge is 0.312 e. The molecule has 0 spiro atoms. The zero-order valence-corrected chi connectivity index (χ0v) is 13.2. The number of aromatic hydroxyl groups is 1. The van der Waals surface area contributed by atoms with Gasteiger partial charge in [-0.25, -0.2) is 0 Å². The van der Waals surface area contributed by atoms with Crippen molar-refractivity contribution in [1.82, 2.24) is 0 Å². The van der Waals surface area contributed by atoms with Crippen molar-refractivity contribution in [2.24, 2.45) is 0 Å². The summed E-state index contributed by atoms with van der Waals surface area (Å²) >= 11 is 0. The number of phenols is 1. The van der Waals surface area contributed by atoms with Crippen molar-refractivity contribution in [3.63, 3.8) is 0 Å². The number of rotatable bonds is 2. The van der Waals surface area contributed by atoms with Crippen LogP contribution in [0.1, 0.15) is 23.5 Å². The van der Waals surface area contributed by atoms with Gasteiger partial charge >= 0.3 is 5.97 Å². The standard InChI is InChI=1S/C20H16O4/c1-23-18-10-13(6-8-16(18)21)15-11-19(22)24-17-9-7-12-4-2-3-5-14(12)20(15)17/h2-10,15,21H,11H2,1H3. The molecule has 1 atom stereocenters. The molecule has 1 aliphatic heterocycles. The molecule has 1 unspecified atom stereocenters. The highest BCUT2D eigenvalue weighted by Crippen LogP contribution is 2.44. The Kier molecular flexibility index (Phi) is 3.38. The van der Waals surface area contributed by atoms with Crippen LogP contribution in [0.15, 0.2) is 54.6 Å². The summed E-state index contributed by atoms with van der Waals surface area (Å²) in [6, 6.07) is 17.1. The zero-order chi connectivity index (χ0) is 16.7. The van der Waals surface area contributed by atoms with Crippen LogP contribution in [0.2, 0.25) is 0 Å². The average molecular weight is 320 g/mol. The maximum Gasteiger partial charge on any atom is 0.312 e. The molecule has 24 heavy (non-hydrogen) atoms. The monoisotopic (exact) mass is 320 g/mol. The summed E-state index contributed by atoms with van der Waals surface area (Å²) in [6.07, 6.45) is 0.259. The van der Waals surface area contributed by atoms with Crippen molar-refractivity contribution in [2.75, 3.05) is 7.11 Å². The van der Waals surface area contributed by atoms with E-state index in [1.54, 1.807) is 12.1 Å². The average Bonchev–Trinajstić information content (AvgIpc) is 2.61. The van der Waals surface area contributed by atoms with Gasteiger partial charge in [0.05, 0.1) is 13.5 Å². The minimum absolute atomic E-state index is 0.0813. The Bertz CT molecular complexity index is 946. The Hall–Kier alpha value is -3.01. The first-order chi connectivity index (χ1) is 11.7. The van der Waals surface area contributed by atoms with E-state index in [-0.39, 0.29) is 24.1 Å². The van der Waals surface area contributed by atoms with E-state index in [1.165, 1.54) is 7.11 Å². The molecule has 0 amide bonds. The van der Waals surface area contributed by atoms with Crippen LogP contribution < -0.4 is 9.47 Å². The molecule has 0 saturated heterocycles. The molecule has 1 aliphatic rings. The van der Waals surface area contributed by atoms with Gasteiger partial charge in [-0.1, -0.05) is 36.4 Å². The fourth-order valence-corrected chi connectivity index (χ4v) is 3.35. The van der Waals surface area contributed by atoms with Crippen LogP contribution in [0.4, 0.5) is 0 Å². The van der Waals surface area contributed by atoms with Crippen LogP contribution in [0.5, 0.6) is 17.2 Å². The molecule has 1 N–H and O–H groups in total. The molecule has 0 bridgehead atoms. The third kappa shape index (κ3) is 2.27. The van der Waals surface area contributed by atoms with E-state index in [0.717, 1.165) is 21.9 Å². The topological polar surface area (TPSA) is 55.8 Å². The molecular weight excluding hydrogens is 304 g/mol. The number of phenolic OH excluding ortho intramolecular Hbond substituents is 1. The number of hydrogen-bond donors (Lipinski definition) is 1. The normalized spacial score (nSPS) is 16.5. The van der Waals surface area contributed by atoms with Gasteiger partial charge < -0.3 is 14.6 Å². The molecule has 3 aromatic rings. The largest absolute Gasteiger partial charge is 0.504 e. The van der Waals surface area contributed by atoms with Crippen LogP contribution in [0, 0.1) is 0 Å². The molecular formula is C20H16O4. The van der Waals surface area contributed by atoms with Crippen LogP contribution in [-0.2, 0) is 4.79 Å². The molecule has 0 fully saturated rings. The van der Waals surface area contributed by atoms with Gasteiger partial charge in [0.2, 0.25) is 0 Å². The SMILES string of the molecule is COc1cc(C2CC(=O)Oc3ccc4ccccc4c32)ccc1O. The van der Waals surface area contributed by atoms with Crippen LogP contribution in [0.3, 0.4) is 0 Å². The highest BCUT2D eigenvalue weighted by molar-refractivity contribution is 5.92. The number of carbonyl (C=O) groups is 1. The van der Waals surface area contributed by atoms with E-state index in [2.05, 4.69) is 0 Å². The number of methoxy groups -OCH3 is 1. The number of ether oxygens (including phenoxy) is 2. The second-order valence-corrected chi connectivity index (χ2v) is 5.86. The van der Waals surface area contributed by atoms with E-state index >= 15 is 0 Å². The summed E-state index contributed by atoms with van der Waals surface area (Å²) in [6.45, 7) is 0. The van der Waals surface area contributed by atoms with E-state index in [0.29, 0.717) is 11.5 Å². The highest BCUT2D eigenvalue weighted by atomic mass is 16.5. The lowest BCUT2D eigenvalue weighted by Gasteiger charge is -2.26. The number of esters is 1. The highest BCUT2D eigenvalue weighted by Gasteiger charge is 2.30. The third-order valence-corrected chi connectivity index (χ3v) is 4.48. The maximum atomic E-state index is 12.1. The Labute approximate surface area is 139 Å². The fourth-order valence-electron chi connectivity index (χ4n) is 3.35. The number of carbonyl (C=O) groups excluding carboxylic acids is 1. The first-order valence-electron chi connectivity index (χ1n) is 7.76. The minimum Gasteiger partial charge on any atom is -0.504 e. The van der Waals surface area contributed by atoms with E-state index < -0.39 is 0 Å². The van der Waals surface area contributed by atoms with E-state index in [1.807, 2.05) is 42.5 Å². The van der Waals surface area contributed by atoms with Crippen molar-refractivity contribution >= 4 is 16.7 Å². The van der Waals surface area contributed by atoms with Crippen molar-refractivity contribution in [3.05, 3.63) is 65.7 Å². The van der Waals surface area contributed by atoms with Gasteiger partial charge in [-0.15, -0.1) is 0 Å². The lowest BCUT2D eigenvalue weighted by molar-refractivity contribution is -0.135. The molecule has 0 saturated carbocycles. The van der Waals surface area contributed by atoms with Crippen LogP contribution >= 0.6 is 0 Å². The number of benzene rings is 3. The summed E-state index contributed by atoms with van der Waals surface area (Å²) in [5, 5.41) is 12.0. The molecule has 3 aromatic carbocycles. The molecule has 4 nitrogen and oxygen atoms in total. The van der Waals surface area contributed by atoms with E-state index in [4.69, 9.17) is 9.47 Å². The second-order valence-electron chi connectivity index (χ2n) is 5.86. The maximum absolute atomic E-state index is 12.1. The predicted octanol–water partition coefficient (Wildman–Crippen LogP) is 4.00. The van der Waals surface area contributed by atoms with Gasteiger partial charge in [-0.05, 0) is 34.5 Å². The van der Waals surface area contributed by atoms with Gasteiger partial charge in [0.25, 0.3) is 0 Å². The molecule has 0 aliphatic carbocycles. The predicted molar refractivity (Wildman–Crippen MR) is 90.7 cm³/mol. The zero-order valence-electron chi connectivity index (χ0n) is 13.2. The summed E-state index contributed by atoms with van der Waals surface area (Å²) in [5.74, 6) is 0.685. The number of hydrogen-bond acceptors (Lipinski definition) is 4. The molecule has 0 aromatic heterocycles. The van der Waals surface area contributed by atoms with Crippen molar-refractivity contribution < 1.29 is 19.4 Å². The Morgan fingerprint density at radius 2 is 1.96 bits per heavy atom. The Morgan fingerprint density at radius 1 is 1.12 bits per heavy atom. The van der Waals surface area contributed by atoms with Crippen molar-refractivity contribution in [1.29, 1.82) is 0 Å². The Morgan fingerprint density at radius 3 is 2.79 bits per heavy atom. The lowest BCUT2D eigenvalue weighted by atomic mass is 9.83. The van der Waals surface area contributed by atoms with Gasteiger partial charge in [-0.2, -0.15) is 0 Å². The summed E-state index contributed by atoms with van der Waals surface area (Å²) in [7, 11) is 1.51. The second kappa shape index (κ2) is 5.57. The third-order valence-electron chi connectivity index (χ3n) is 4.48. The molecule has 120 valence electrons. The first-order valence-corrected chi connectivity index (χ1v) is 7.76. The molecule has 4 heteroatoms. The van der Waals surface area contributed by atoms with Gasteiger partial charge in [-0.3, -0.25) is 4.79 Å². The van der Waals surface area contributed by atoms with Crippen LogP contribution in [-0.4, -0.2) is 18.2 Å². The van der Waals surface area contributed by atoms with Gasteiger partial charge in [0.15, 0.2) is 11.5 Å². The minimum atomic E-state index is -0.255. The lowest BCUT2D eigenvalue weighted by Crippen LogP contribution is -2.21. The Balaban J connectivity index is 1.95. The number of fused-ring (bicyclic) bond motifs is 3. The quantitative estimate of drug-likeness (QED) is 0.573. The van der Waals surface area contributed by atoms with Crippen molar-refractivity contribution in [3.8, 4) is 17.2 Å². The molecule has 1 heterocycles. The summed E-state index contributed by atoms with van der Waals surface area (Å²) < 4.78 is 10.7. The molecule has 0 radical (unpaired) electrons. The van der Waals surface area contributed by atoms with Crippen LogP contribution in [0.25, 0.3) is 10.8 Å². The fraction of sp³-hybridized carbons (Fsp3) is 0.150. The van der Waals surface area contributed by atoms with E-state index in [9.17, 15) is 9.90 Å². The molecule has 4 rings (SSSR count).